The highest BCUT2D eigenvalue weighted by Gasteiger charge is 2.05. The van der Waals surface area contributed by atoms with Crippen LogP contribution in [0.25, 0.3) is 0 Å². The fraction of sp³-hybridized carbons (Fsp3) is 0.250. The minimum Gasteiger partial charge on any atom is -0.391 e. The molecule has 0 aliphatic heterocycles. The molecule has 0 bridgehead atoms. The van der Waals surface area contributed by atoms with Crippen molar-refractivity contribution in [1.82, 2.24) is 0 Å². The number of aliphatic hydroxyl groups is 1. The van der Waals surface area contributed by atoms with Gasteiger partial charge in [0.15, 0.2) is 0 Å². The minimum absolute atomic E-state index is 0.384. The van der Waals surface area contributed by atoms with Crippen molar-refractivity contribution in [3.63, 3.8) is 0 Å². The smallest absolute Gasteiger partial charge is 0.0752 e. The Morgan fingerprint density at radius 1 is 1.16 bits per heavy atom. The van der Waals surface area contributed by atoms with E-state index in [0.29, 0.717) is 13.0 Å². The zero-order valence-electron chi connectivity index (χ0n) is 10.9. The van der Waals surface area contributed by atoms with Gasteiger partial charge >= 0.3 is 0 Å². The Morgan fingerprint density at radius 3 is 2.58 bits per heavy atom. The van der Waals surface area contributed by atoms with Crippen LogP contribution in [0.4, 0.5) is 5.69 Å². The van der Waals surface area contributed by atoms with Gasteiger partial charge in [0, 0.05) is 23.1 Å². The fourth-order valence-electron chi connectivity index (χ4n) is 1.99. The molecular weight excluding hydrogens is 302 g/mol. The molecule has 0 fully saturated rings. The molecule has 19 heavy (non-hydrogen) atoms. The van der Waals surface area contributed by atoms with E-state index in [1.54, 1.807) is 0 Å². The van der Waals surface area contributed by atoms with Gasteiger partial charge in [0.2, 0.25) is 0 Å². The number of hydrogen-bond acceptors (Lipinski definition) is 2. The van der Waals surface area contributed by atoms with Gasteiger partial charge in [-0.2, -0.15) is 0 Å². The molecule has 1 unspecified atom stereocenters. The summed E-state index contributed by atoms with van der Waals surface area (Å²) in [5.41, 5.74) is 3.42. The molecular formula is C16H18BrNO. The molecule has 0 aliphatic rings. The standard InChI is InChI=1S/C16H18BrNO/c1-12-3-2-4-13(9-12)10-16(19)11-18-15-7-5-14(17)6-8-15/h2-9,16,18-19H,10-11H2,1H3. The summed E-state index contributed by atoms with van der Waals surface area (Å²) >= 11 is 3.40. The van der Waals surface area contributed by atoms with Gasteiger partial charge in [0.05, 0.1) is 6.10 Å². The molecule has 0 aromatic heterocycles. The summed E-state index contributed by atoms with van der Waals surface area (Å²) in [6.45, 7) is 2.62. The largest absolute Gasteiger partial charge is 0.391 e. The Labute approximate surface area is 122 Å². The third-order valence-electron chi connectivity index (χ3n) is 2.94. The number of halogens is 1. The van der Waals surface area contributed by atoms with Crippen LogP contribution in [0.1, 0.15) is 11.1 Å². The summed E-state index contributed by atoms with van der Waals surface area (Å²) in [5.74, 6) is 0. The van der Waals surface area contributed by atoms with Crippen LogP contribution in [0.3, 0.4) is 0 Å². The molecule has 0 saturated heterocycles. The average molecular weight is 320 g/mol. The lowest BCUT2D eigenvalue weighted by molar-refractivity contribution is 0.188. The maximum Gasteiger partial charge on any atom is 0.0752 e. The van der Waals surface area contributed by atoms with Crippen LogP contribution in [-0.4, -0.2) is 17.8 Å². The van der Waals surface area contributed by atoms with Crippen LogP contribution in [0, 0.1) is 6.92 Å². The molecule has 2 N–H and O–H groups in total. The highest BCUT2D eigenvalue weighted by Crippen LogP contribution is 2.14. The van der Waals surface area contributed by atoms with E-state index < -0.39 is 0 Å². The molecule has 0 saturated carbocycles. The molecule has 1 atom stereocenters. The third-order valence-corrected chi connectivity index (χ3v) is 3.47. The topological polar surface area (TPSA) is 32.3 Å². The Bertz CT molecular complexity index is 525. The predicted molar refractivity (Wildman–Crippen MR) is 83.5 cm³/mol. The zero-order valence-corrected chi connectivity index (χ0v) is 12.5. The number of hydrogen-bond donors (Lipinski definition) is 2. The Balaban J connectivity index is 1.84. The van der Waals surface area contributed by atoms with Gasteiger partial charge in [-0.3, -0.25) is 0 Å². The second-order valence-corrected chi connectivity index (χ2v) is 5.65. The molecule has 0 aliphatic carbocycles. The van der Waals surface area contributed by atoms with Crippen molar-refractivity contribution in [3.8, 4) is 0 Å². The van der Waals surface area contributed by atoms with E-state index in [4.69, 9.17) is 0 Å². The first-order chi connectivity index (χ1) is 9.13. The Kier molecular flexibility index (Phi) is 5.00. The number of aliphatic hydroxyl groups excluding tert-OH is 1. The first-order valence-electron chi connectivity index (χ1n) is 6.36. The van der Waals surface area contributed by atoms with Gasteiger partial charge in [-0.05, 0) is 36.8 Å². The van der Waals surface area contributed by atoms with E-state index in [1.165, 1.54) is 11.1 Å². The number of aryl methyl sites for hydroxylation is 1. The lowest BCUT2D eigenvalue weighted by Crippen LogP contribution is -2.21. The fourth-order valence-corrected chi connectivity index (χ4v) is 2.25. The highest BCUT2D eigenvalue weighted by molar-refractivity contribution is 9.10. The third kappa shape index (κ3) is 4.69. The van der Waals surface area contributed by atoms with Crippen molar-refractivity contribution in [1.29, 1.82) is 0 Å². The summed E-state index contributed by atoms with van der Waals surface area (Å²) in [6.07, 6.45) is 0.288. The molecule has 2 nitrogen and oxygen atoms in total. The number of rotatable bonds is 5. The molecule has 3 heteroatoms. The van der Waals surface area contributed by atoms with Crippen LogP contribution in [-0.2, 0) is 6.42 Å². The molecule has 0 heterocycles. The van der Waals surface area contributed by atoms with Gasteiger partial charge in [-0.25, -0.2) is 0 Å². The quantitative estimate of drug-likeness (QED) is 0.879. The summed E-state index contributed by atoms with van der Waals surface area (Å²) < 4.78 is 1.05. The summed E-state index contributed by atoms with van der Waals surface area (Å²) in [6, 6.07) is 16.2. The predicted octanol–water partition coefficient (Wildman–Crippen LogP) is 3.77. The second-order valence-electron chi connectivity index (χ2n) is 4.73. The molecule has 100 valence electrons. The first-order valence-corrected chi connectivity index (χ1v) is 7.16. The second kappa shape index (κ2) is 6.73. The molecule has 2 aromatic carbocycles. The summed E-state index contributed by atoms with van der Waals surface area (Å²) in [5, 5.41) is 13.3. The number of nitrogens with one attached hydrogen (secondary N) is 1. The van der Waals surface area contributed by atoms with E-state index in [2.05, 4.69) is 46.4 Å². The van der Waals surface area contributed by atoms with Crippen molar-refractivity contribution in [2.75, 3.05) is 11.9 Å². The number of benzene rings is 2. The Morgan fingerprint density at radius 2 is 1.89 bits per heavy atom. The maximum atomic E-state index is 10.0. The van der Waals surface area contributed by atoms with Crippen LogP contribution < -0.4 is 5.32 Å². The lowest BCUT2D eigenvalue weighted by Gasteiger charge is -2.13. The normalized spacial score (nSPS) is 12.2. The number of anilines is 1. The average Bonchev–Trinajstić information content (AvgIpc) is 2.38. The summed E-state index contributed by atoms with van der Waals surface area (Å²) in [7, 11) is 0. The van der Waals surface area contributed by atoms with Crippen LogP contribution in [0.2, 0.25) is 0 Å². The highest BCUT2D eigenvalue weighted by atomic mass is 79.9. The maximum absolute atomic E-state index is 10.0. The van der Waals surface area contributed by atoms with Crippen LogP contribution >= 0.6 is 15.9 Å². The molecule has 2 aromatic rings. The van der Waals surface area contributed by atoms with E-state index in [0.717, 1.165) is 10.2 Å². The molecule has 0 spiro atoms. The van der Waals surface area contributed by atoms with Crippen molar-refractivity contribution < 1.29 is 5.11 Å². The summed E-state index contributed by atoms with van der Waals surface area (Å²) in [4.78, 5) is 0. The van der Waals surface area contributed by atoms with E-state index in [1.807, 2.05) is 30.3 Å². The minimum atomic E-state index is -0.384. The molecule has 2 rings (SSSR count). The van der Waals surface area contributed by atoms with Crippen molar-refractivity contribution in [3.05, 3.63) is 64.1 Å². The van der Waals surface area contributed by atoms with E-state index in [9.17, 15) is 5.11 Å². The van der Waals surface area contributed by atoms with Crippen LogP contribution in [0.15, 0.2) is 53.0 Å². The molecule has 0 amide bonds. The van der Waals surface area contributed by atoms with Gasteiger partial charge in [-0.1, -0.05) is 45.8 Å². The zero-order chi connectivity index (χ0) is 13.7. The van der Waals surface area contributed by atoms with Gasteiger partial charge in [-0.15, -0.1) is 0 Å². The molecule has 0 radical (unpaired) electrons. The van der Waals surface area contributed by atoms with Crippen molar-refractivity contribution in [2.24, 2.45) is 0 Å². The Hall–Kier alpha value is -1.32. The van der Waals surface area contributed by atoms with Gasteiger partial charge in [0.1, 0.15) is 0 Å². The van der Waals surface area contributed by atoms with Gasteiger partial charge < -0.3 is 10.4 Å². The monoisotopic (exact) mass is 319 g/mol. The SMILES string of the molecule is Cc1cccc(CC(O)CNc2ccc(Br)cc2)c1. The lowest BCUT2D eigenvalue weighted by atomic mass is 10.1. The van der Waals surface area contributed by atoms with Crippen molar-refractivity contribution >= 4 is 21.6 Å². The first kappa shape index (κ1) is 14.1. The van der Waals surface area contributed by atoms with Crippen molar-refractivity contribution in [2.45, 2.75) is 19.4 Å². The van der Waals surface area contributed by atoms with Gasteiger partial charge in [0.25, 0.3) is 0 Å². The van der Waals surface area contributed by atoms with E-state index >= 15 is 0 Å². The van der Waals surface area contributed by atoms with Crippen LogP contribution in [0.5, 0.6) is 0 Å². The van der Waals surface area contributed by atoms with E-state index in [-0.39, 0.29) is 6.10 Å².